The lowest BCUT2D eigenvalue weighted by Gasteiger charge is -2.34. The zero-order chi connectivity index (χ0) is 8.32. The van der Waals surface area contributed by atoms with E-state index in [-0.39, 0.29) is 0 Å². The van der Waals surface area contributed by atoms with Gasteiger partial charge in [-0.2, -0.15) is 0 Å². The standard InChI is InChI=1S/C11H20/c1-4-7-11(3)8-5-6-10(2)9-11/h4,7,10H,5-6,8-9H2,1-3H3/b7-4+. The monoisotopic (exact) mass is 152 g/mol. The molecule has 1 fully saturated rings. The summed E-state index contributed by atoms with van der Waals surface area (Å²) in [6.07, 6.45) is 10.2. The average molecular weight is 152 g/mol. The van der Waals surface area contributed by atoms with E-state index in [0.717, 1.165) is 5.92 Å². The molecule has 1 aliphatic rings. The number of hydrogen-bond donors (Lipinski definition) is 0. The van der Waals surface area contributed by atoms with Crippen molar-refractivity contribution in [1.82, 2.24) is 0 Å². The van der Waals surface area contributed by atoms with Gasteiger partial charge in [0.25, 0.3) is 0 Å². The Hall–Kier alpha value is -0.260. The van der Waals surface area contributed by atoms with E-state index in [1.807, 2.05) is 0 Å². The highest BCUT2D eigenvalue weighted by Crippen LogP contribution is 2.39. The maximum absolute atomic E-state index is 2.39. The molecule has 2 atom stereocenters. The molecule has 0 heterocycles. The van der Waals surface area contributed by atoms with Gasteiger partial charge in [0, 0.05) is 0 Å². The summed E-state index contributed by atoms with van der Waals surface area (Å²) in [5.74, 6) is 0.935. The Balaban J connectivity index is 2.55. The Kier molecular flexibility index (Phi) is 2.75. The Morgan fingerprint density at radius 3 is 2.73 bits per heavy atom. The molecule has 11 heavy (non-hydrogen) atoms. The van der Waals surface area contributed by atoms with E-state index in [4.69, 9.17) is 0 Å². The first kappa shape index (κ1) is 8.83. The maximum atomic E-state index is 2.39. The molecule has 0 aromatic rings. The fraction of sp³-hybridized carbons (Fsp3) is 0.818. The SMILES string of the molecule is C/C=C/C1(C)CCCC(C)C1. The van der Waals surface area contributed by atoms with Crippen molar-refractivity contribution >= 4 is 0 Å². The van der Waals surface area contributed by atoms with Crippen molar-refractivity contribution in [3.8, 4) is 0 Å². The third-order valence-electron chi connectivity index (χ3n) is 2.83. The molecule has 1 saturated carbocycles. The second kappa shape index (κ2) is 3.42. The summed E-state index contributed by atoms with van der Waals surface area (Å²) >= 11 is 0. The van der Waals surface area contributed by atoms with Crippen molar-refractivity contribution in [3.63, 3.8) is 0 Å². The lowest BCUT2D eigenvalue weighted by molar-refractivity contribution is 0.224. The fourth-order valence-electron chi connectivity index (χ4n) is 2.41. The largest absolute Gasteiger partial charge is 0.0911 e. The molecule has 0 bridgehead atoms. The van der Waals surface area contributed by atoms with Gasteiger partial charge in [-0.3, -0.25) is 0 Å². The van der Waals surface area contributed by atoms with Crippen LogP contribution in [0.4, 0.5) is 0 Å². The van der Waals surface area contributed by atoms with Gasteiger partial charge in [0.15, 0.2) is 0 Å². The van der Waals surface area contributed by atoms with Crippen molar-refractivity contribution < 1.29 is 0 Å². The topological polar surface area (TPSA) is 0 Å². The predicted molar refractivity (Wildman–Crippen MR) is 50.6 cm³/mol. The molecule has 1 rings (SSSR count). The highest BCUT2D eigenvalue weighted by Gasteiger charge is 2.27. The van der Waals surface area contributed by atoms with E-state index in [2.05, 4.69) is 32.9 Å². The van der Waals surface area contributed by atoms with Crippen molar-refractivity contribution in [3.05, 3.63) is 12.2 Å². The van der Waals surface area contributed by atoms with Crippen LogP contribution in [0.25, 0.3) is 0 Å². The van der Waals surface area contributed by atoms with E-state index >= 15 is 0 Å². The van der Waals surface area contributed by atoms with Gasteiger partial charge in [0.2, 0.25) is 0 Å². The predicted octanol–water partition coefficient (Wildman–Crippen LogP) is 3.78. The van der Waals surface area contributed by atoms with Gasteiger partial charge in [-0.1, -0.05) is 38.8 Å². The molecule has 0 heteroatoms. The molecule has 0 spiro atoms. The number of allylic oxidation sites excluding steroid dienone is 2. The molecule has 0 N–H and O–H groups in total. The summed E-state index contributed by atoms with van der Waals surface area (Å²) in [6.45, 7) is 6.90. The summed E-state index contributed by atoms with van der Waals surface area (Å²) in [7, 11) is 0. The van der Waals surface area contributed by atoms with E-state index in [0.29, 0.717) is 5.41 Å². The maximum Gasteiger partial charge on any atom is -0.0144 e. The molecule has 64 valence electrons. The van der Waals surface area contributed by atoms with Gasteiger partial charge in [-0.15, -0.1) is 0 Å². The molecule has 1 aliphatic carbocycles. The van der Waals surface area contributed by atoms with Gasteiger partial charge in [-0.25, -0.2) is 0 Å². The van der Waals surface area contributed by atoms with E-state index in [1.165, 1.54) is 25.7 Å². The quantitative estimate of drug-likeness (QED) is 0.502. The van der Waals surface area contributed by atoms with Crippen LogP contribution in [-0.2, 0) is 0 Å². The molecular weight excluding hydrogens is 132 g/mol. The molecule has 0 aromatic heterocycles. The number of hydrogen-bond acceptors (Lipinski definition) is 0. The van der Waals surface area contributed by atoms with Crippen molar-refractivity contribution in [2.45, 2.75) is 46.5 Å². The third kappa shape index (κ3) is 2.36. The summed E-state index contributed by atoms with van der Waals surface area (Å²) in [5, 5.41) is 0. The first-order valence-corrected chi connectivity index (χ1v) is 4.80. The third-order valence-corrected chi connectivity index (χ3v) is 2.83. The Morgan fingerprint density at radius 1 is 1.45 bits per heavy atom. The molecular formula is C11H20. The first-order chi connectivity index (χ1) is 5.16. The minimum atomic E-state index is 0.520. The van der Waals surface area contributed by atoms with Gasteiger partial charge >= 0.3 is 0 Å². The van der Waals surface area contributed by atoms with Crippen molar-refractivity contribution in [1.29, 1.82) is 0 Å². The molecule has 2 unspecified atom stereocenters. The lowest BCUT2D eigenvalue weighted by Crippen LogP contribution is -2.22. The van der Waals surface area contributed by atoms with Gasteiger partial charge in [0.05, 0.1) is 0 Å². The minimum Gasteiger partial charge on any atom is -0.0911 e. The number of rotatable bonds is 1. The zero-order valence-electron chi connectivity index (χ0n) is 8.06. The van der Waals surface area contributed by atoms with Crippen LogP contribution >= 0.6 is 0 Å². The highest BCUT2D eigenvalue weighted by molar-refractivity contribution is 4.98. The van der Waals surface area contributed by atoms with Crippen LogP contribution in [-0.4, -0.2) is 0 Å². The Labute approximate surface area is 70.7 Å². The minimum absolute atomic E-state index is 0.520. The van der Waals surface area contributed by atoms with Crippen LogP contribution in [0.2, 0.25) is 0 Å². The molecule has 0 saturated heterocycles. The van der Waals surface area contributed by atoms with Gasteiger partial charge in [0.1, 0.15) is 0 Å². The van der Waals surface area contributed by atoms with Crippen LogP contribution in [0.1, 0.15) is 46.5 Å². The van der Waals surface area contributed by atoms with Crippen LogP contribution in [0.15, 0.2) is 12.2 Å². The summed E-state index contributed by atoms with van der Waals surface area (Å²) in [5.41, 5.74) is 0.520. The molecule has 0 aliphatic heterocycles. The average Bonchev–Trinajstić information content (AvgIpc) is 1.86. The molecule has 0 amide bonds. The zero-order valence-corrected chi connectivity index (χ0v) is 8.06. The molecule has 0 nitrogen and oxygen atoms in total. The van der Waals surface area contributed by atoms with E-state index in [9.17, 15) is 0 Å². The second-order valence-electron chi connectivity index (χ2n) is 4.36. The van der Waals surface area contributed by atoms with Crippen molar-refractivity contribution in [2.75, 3.05) is 0 Å². The lowest BCUT2D eigenvalue weighted by atomic mass is 9.71. The molecule has 0 radical (unpaired) electrons. The fourth-order valence-corrected chi connectivity index (χ4v) is 2.41. The summed E-state index contributed by atoms with van der Waals surface area (Å²) < 4.78 is 0. The van der Waals surface area contributed by atoms with Gasteiger partial charge in [-0.05, 0) is 31.1 Å². The van der Waals surface area contributed by atoms with Crippen LogP contribution < -0.4 is 0 Å². The van der Waals surface area contributed by atoms with E-state index in [1.54, 1.807) is 0 Å². The summed E-state index contributed by atoms with van der Waals surface area (Å²) in [6, 6.07) is 0. The van der Waals surface area contributed by atoms with Gasteiger partial charge < -0.3 is 0 Å². The highest BCUT2D eigenvalue weighted by atomic mass is 14.3. The molecule has 0 aromatic carbocycles. The van der Waals surface area contributed by atoms with Crippen LogP contribution in [0.5, 0.6) is 0 Å². The smallest absolute Gasteiger partial charge is 0.0144 e. The van der Waals surface area contributed by atoms with Crippen molar-refractivity contribution in [2.24, 2.45) is 11.3 Å². The van der Waals surface area contributed by atoms with E-state index < -0.39 is 0 Å². The van der Waals surface area contributed by atoms with Crippen LogP contribution in [0, 0.1) is 11.3 Å². The second-order valence-corrected chi connectivity index (χ2v) is 4.36. The first-order valence-electron chi connectivity index (χ1n) is 4.80. The Morgan fingerprint density at radius 2 is 2.18 bits per heavy atom. The Bertz CT molecular complexity index is 146. The summed E-state index contributed by atoms with van der Waals surface area (Å²) in [4.78, 5) is 0. The van der Waals surface area contributed by atoms with Crippen LogP contribution in [0.3, 0.4) is 0 Å². The normalized spacial score (nSPS) is 39.7.